The van der Waals surface area contributed by atoms with Gasteiger partial charge in [0.2, 0.25) is 0 Å². The SMILES string of the molecule is CCC(=O)N(OC)c1ccc(Nc2nn3c(-c4ccc(OC)cc4)nnc3c3ccccc23)cc1. The van der Waals surface area contributed by atoms with Crippen molar-refractivity contribution in [3.63, 3.8) is 0 Å². The van der Waals surface area contributed by atoms with Crippen LogP contribution in [0.5, 0.6) is 5.75 Å². The molecule has 0 aliphatic carbocycles. The van der Waals surface area contributed by atoms with Gasteiger partial charge in [-0.15, -0.1) is 15.3 Å². The Morgan fingerprint density at radius 2 is 1.66 bits per heavy atom. The normalized spacial score (nSPS) is 11.1. The van der Waals surface area contributed by atoms with Crippen LogP contribution in [0, 0.1) is 0 Å². The van der Waals surface area contributed by atoms with Gasteiger partial charge >= 0.3 is 0 Å². The van der Waals surface area contributed by atoms with Crippen molar-refractivity contribution in [2.24, 2.45) is 0 Å². The molecule has 0 unspecified atom stereocenters. The maximum absolute atomic E-state index is 12.1. The number of rotatable bonds is 7. The van der Waals surface area contributed by atoms with E-state index in [0.29, 0.717) is 29.4 Å². The number of benzene rings is 3. The molecule has 0 aliphatic heterocycles. The van der Waals surface area contributed by atoms with Crippen LogP contribution in [-0.2, 0) is 9.63 Å². The van der Waals surface area contributed by atoms with Crippen molar-refractivity contribution >= 4 is 39.5 Å². The Balaban J connectivity index is 1.56. The minimum Gasteiger partial charge on any atom is -0.497 e. The fourth-order valence-electron chi connectivity index (χ4n) is 3.91. The fraction of sp³-hybridized carbons (Fsp3) is 0.154. The van der Waals surface area contributed by atoms with E-state index >= 15 is 0 Å². The summed E-state index contributed by atoms with van der Waals surface area (Å²) < 4.78 is 7.01. The standard InChI is InChI=1S/C26H24N6O3/c1-4-23(33)32(35-3)19-13-11-18(12-14-19)27-24-21-7-5-6-8-22(21)26-29-28-25(31(26)30-24)17-9-15-20(34-2)16-10-17/h5-16H,4H2,1-3H3,(H,27,30). The fourth-order valence-corrected chi connectivity index (χ4v) is 3.91. The Morgan fingerprint density at radius 3 is 2.31 bits per heavy atom. The maximum atomic E-state index is 12.1. The Morgan fingerprint density at radius 1 is 0.943 bits per heavy atom. The Labute approximate surface area is 201 Å². The highest BCUT2D eigenvalue weighted by molar-refractivity contribution is 6.01. The molecule has 9 nitrogen and oxygen atoms in total. The zero-order valence-electron chi connectivity index (χ0n) is 19.6. The number of nitrogens with zero attached hydrogens (tertiary/aromatic N) is 5. The lowest BCUT2D eigenvalue weighted by atomic mass is 10.1. The Hall–Kier alpha value is -4.50. The van der Waals surface area contributed by atoms with E-state index in [1.54, 1.807) is 18.5 Å². The average molecular weight is 469 g/mol. The van der Waals surface area contributed by atoms with E-state index in [1.807, 2.05) is 72.8 Å². The van der Waals surface area contributed by atoms with Crippen molar-refractivity contribution in [1.82, 2.24) is 19.8 Å². The van der Waals surface area contributed by atoms with Gasteiger partial charge in [0, 0.05) is 28.4 Å². The molecule has 0 saturated carbocycles. The van der Waals surface area contributed by atoms with Gasteiger partial charge < -0.3 is 10.1 Å². The van der Waals surface area contributed by atoms with Crippen LogP contribution in [0.3, 0.4) is 0 Å². The van der Waals surface area contributed by atoms with Crippen LogP contribution in [0.25, 0.3) is 27.8 Å². The smallest absolute Gasteiger partial charge is 0.250 e. The van der Waals surface area contributed by atoms with Crippen LogP contribution in [0.2, 0.25) is 0 Å². The second-order valence-corrected chi connectivity index (χ2v) is 7.78. The molecule has 35 heavy (non-hydrogen) atoms. The van der Waals surface area contributed by atoms with Crippen LogP contribution in [-0.4, -0.2) is 39.9 Å². The van der Waals surface area contributed by atoms with Crippen molar-refractivity contribution in [1.29, 1.82) is 0 Å². The zero-order chi connectivity index (χ0) is 24.4. The number of hydrogen-bond acceptors (Lipinski definition) is 7. The van der Waals surface area contributed by atoms with Crippen molar-refractivity contribution in [2.75, 3.05) is 24.6 Å². The van der Waals surface area contributed by atoms with E-state index in [4.69, 9.17) is 14.7 Å². The number of hydroxylamine groups is 1. The molecular weight excluding hydrogens is 444 g/mol. The number of ether oxygens (including phenoxy) is 1. The third kappa shape index (κ3) is 4.13. The number of aromatic nitrogens is 4. The summed E-state index contributed by atoms with van der Waals surface area (Å²) in [6, 6.07) is 22.9. The highest BCUT2D eigenvalue weighted by atomic mass is 16.7. The topological polar surface area (TPSA) is 93.9 Å². The third-order valence-electron chi connectivity index (χ3n) is 5.69. The summed E-state index contributed by atoms with van der Waals surface area (Å²) in [6.07, 6.45) is 0.346. The second-order valence-electron chi connectivity index (χ2n) is 7.78. The first-order valence-electron chi connectivity index (χ1n) is 11.2. The molecule has 2 heterocycles. The molecule has 0 atom stereocenters. The summed E-state index contributed by atoms with van der Waals surface area (Å²) in [7, 11) is 3.11. The third-order valence-corrected chi connectivity index (χ3v) is 5.69. The molecule has 3 aromatic carbocycles. The first-order valence-corrected chi connectivity index (χ1v) is 11.2. The molecular formula is C26H24N6O3. The number of fused-ring (bicyclic) bond motifs is 3. The van der Waals surface area contributed by atoms with E-state index in [0.717, 1.165) is 27.8 Å². The lowest BCUT2D eigenvalue weighted by Crippen LogP contribution is -2.28. The van der Waals surface area contributed by atoms with Crippen molar-refractivity contribution in [2.45, 2.75) is 13.3 Å². The lowest BCUT2D eigenvalue weighted by Gasteiger charge is -2.19. The Kier molecular flexibility index (Phi) is 5.99. The van der Waals surface area contributed by atoms with Gasteiger partial charge in [-0.25, -0.2) is 0 Å². The molecule has 0 aliphatic rings. The van der Waals surface area contributed by atoms with Gasteiger partial charge in [-0.3, -0.25) is 9.63 Å². The lowest BCUT2D eigenvalue weighted by molar-refractivity contribution is -0.124. The molecule has 5 rings (SSSR count). The number of hydrogen-bond donors (Lipinski definition) is 1. The number of methoxy groups -OCH3 is 1. The molecule has 176 valence electrons. The molecule has 5 aromatic rings. The summed E-state index contributed by atoms with van der Waals surface area (Å²) in [5.74, 6) is 1.92. The van der Waals surface area contributed by atoms with Crippen LogP contribution >= 0.6 is 0 Å². The molecule has 2 aromatic heterocycles. The van der Waals surface area contributed by atoms with E-state index < -0.39 is 0 Å². The number of nitrogens with one attached hydrogen (secondary N) is 1. The van der Waals surface area contributed by atoms with Crippen molar-refractivity contribution in [3.05, 3.63) is 72.8 Å². The largest absolute Gasteiger partial charge is 0.497 e. The van der Waals surface area contributed by atoms with Gasteiger partial charge in [-0.05, 0) is 48.5 Å². The summed E-state index contributed by atoms with van der Waals surface area (Å²) in [6.45, 7) is 1.79. The first-order chi connectivity index (χ1) is 17.1. The number of amides is 1. The van der Waals surface area contributed by atoms with Crippen LogP contribution in [0.1, 0.15) is 13.3 Å². The summed E-state index contributed by atoms with van der Waals surface area (Å²) >= 11 is 0. The molecule has 1 N–H and O–H groups in total. The van der Waals surface area contributed by atoms with Crippen molar-refractivity contribution < 1.29 is 14.4 Å². The molecule has 0 spiro atoms. The van der Waals surface area contributed by atoms with Gasteiger partial charge in [0.25, 0.3) is 5.91 Å². The second kappa shape index (κ2) is 9.40. The predicted octanol–water partition coefficient (Wildman–Crippen LogP) is 5.00. The maximum Gasteiger partial charge on any atom is 0.250 e. The highest BCUT2D eigenvalue weighted by Gasteiger charge is 2.17. The molecule has 0 bridgehead atoms. The van der Waals surface area contributed by atoms with Gasteiger partial charge in [0.15, 0.2) is 17.3 Å². The minimum atomic E-state index is -0.120. The van der Waals surface area contributed by atoms with E-state index in [9.17, 15) is 4.79 Å². The average Bonchev–Trinajstić information content (AvgIpc) is 3.34. The molecule has 0 fully saturated rings. The van der Waals surface area contributed by atoms with Crippen molar-refractivity contribution in [3.8, 4) is 17.1 Å². The molecule has 9 heteroatoms. The zero-order valence-corrected chi connectivity index (χ0v) is 19.6. The summed E-state index contributed by atoms with van der Waals surface area (Å²) in [5.41, 5.74) is 3.00. The number of carbonyl (C=O) groups is 1. The van der Waals surface area contributed by atoms with Gasteiger partial charge in [-0.2, -0.15) is 9.58 Å². The number of anilines is 3. The molecule has 0 radical (unpaired) electrons. The molecule has 1 amide bonds. The number of carbonyl (C=O) groups excluding carboxylic acids is 1. The highest BCUT2D eigenvalue weighted by Crippen LogP contribution is 2.30. The van der Waals surface area contributed by atoms with Gasteiger partial charge in [0.05, 0.1) is 19.9 Å². The van der Waals surface area contributed by atoms with Gasteiger partial charge in [-0.1, -0.05) is 31.2 Å². The first kappa shape index (κ1) is 22.3. The summed E-state index contributed by atoms with van der Waals surface area (Å²) in [4.78, 5) is 17.3. The monoisotopic (exact) mass is 468 g/mol. The summed E-state index contributed by atoms with van der Waals surface area (Å²) in [5, 5.41) is 20.2. The van der Waals surface area contributed by atoms with Crippen LogP contribution in [0.4, 0.5) is 17.2 Å². The van der Waals surface area contributed by atoms with Crippen LogP contribution in [0.15, 0.2) is 72.8 Å². The van der Waals surface area contributed by atoms with E-state index in [2.05, 4.69) is 15.5 Å². The minimum absolute atomic E-state index is 0.120. The molecule has 0 saturated heterocycles. The Bertz CT molecular complexity index is 1500. The van der Waals surface area contributed by atoms with Crippen LogP contribution < -0.4 is 15.1 Å². The van der Waals surface area contributed by atoms with E-state index in [-0.39, 0.29) is 5.91 Å². The predicted molar refractivity (Wildman–Crippen MR) is 135 cm³/mol. The van der Waals surface area contributed by atoms with Gasteiger partial charge in [0.1, 0.15) is 5.75 Å². The quantitative estimate of drug-likeness (QED) is 0.336. The van der Waals surface area contributed by atoms with E-state index in [1.165, 1.54) is 12.2 Å².